The first kappa shape index (κ1) is 82.1. The molecule has 0 aromatic rings. The summed E-state index contributed by atoms with van der Waals surface area (Å²) in [7, 11) is 25.2. The molecule has 0 spiro atoms. The van der Waals surface area contributed by atoms with E-state index in [0.717, 1.165) is 45.5 Å². The molecule has 8 atom stereocenters. The van der Waals surface area contributed by atoms with Crippen LogP contribution in [0.2, 0.25) is 0 Å². The van der Waals surface area contributed by atoms with Crippen molar-refractivity contribution in [2.45, 2.75) is 166 Å². The highest BCUT2D eigenvalue weighted by molar-refractivity contribution is 7.74. The molecule has 3 N–H and O–H groups in total. The monoisotopic (exact) mass is 948 g/mol. The largest absolute Gasteiger partial charge is 0.347 e. The summed E-state index contributed by atoms with van der Waals surface area (Å²) in [5.74, 6) is 0.461. The van der Waals surface area contributed by atoms with Gasteiger partial charge in [-0.15, -0.1) is 0 Å². The normalized spacial score (nSPS) is 15.3. The van der Waals surface area contributed by atoms with Crippen LogP contribution < -0.4 is 14.7 Å². The van der Waals surface area contributed by atoms with Crippen molar-refractivity contribution in [1.29, 1.82) is 0 Å². The highest BCUT2D eigenvalue weighted by Crippen LogP contribution is 2.52. The van der Waals surface area contributed by atoms with E-state index >= 15 is 0 Å². The lowest BCUT2D eigenvalue weighted by molar-refractivity contribution is -0.925. The predicted octanol–water partition coefficient (Wildman–Crippen LogP) is 7.82. The number of nitrogens with zero attached hydrogens (tertiary/aromatic N) is 2. The van der Waals surface area contributed by atoms with Gasteiger partial charge in [-0.05, 0) is 97.9 Å². The summed E-state index contributed by atoms with van der Waals surface area (Å²) in [6.45, 7) is 55.1. The molecule has 0 saturated carbocycles. The topological polar surface area (TPSA) is 50.2 Å². The highest BCUT2D eigenvalue weighted by atomic mass is 31.2. The summed E-state index contributed by atoms with van der Waals surface area (Å²) in [6, 6.07) is 1.52. The van der Waals surface area contributed by atoms with Crippen molar-refractivity contribution in [3.8, 4) is 0 Å². The first-order valence-corrected chi connectivity index (χ1v) is 32.0. The van der Waals surface area contributed by atoms with Gasteiger partial charge in [0, 0.05) is 90.4 Å². The second-order valence-electron chi connectivity index (χ2n) is 21.2. The van der Waals surface area contributed by atoms with E-state index in [1.165, 1.54) is 22.5 Å². The molecule has 0 radical (unpaired) electrons. The van der Waals surface area contributed by atoms with Crippen LogP contribution in [0, 0.1) is 0 Å². The minimum absolute atomic E-state index is 0. The van der Waals surface area contributed by atoms with Crippen molar-refractivity contribution in [2.75, 3.05) is 164 Å². The van der Waals surface area contributed by atoms with Crippen LogP contribution in [0.1, 0.15) is 118 Å². The van der Waals surface area contributed by atoms with E-state index in [-0.39, 0.29) is 21.6 Å². The van der Waals surface area contributed by atoms with E-state index < -0.39 is 14.5 Å². The zero-order valence-electron chi connectivity index (χ0n) is 48.9. The fourth-order valence-electron chi connectivity index (χ4n) is 2.43. The molecule has 0 heterocycles. The van der Waals surface area contributed by atoms with Crippen molar-refractivity contribution in [3.63, 3.8) is 0 Å². The molecule has 0 rings (SSSR count). The van der Waals surface area contributed by atoms with E-state index in [1.807, 2.05) is 0 Å². The maximum atomic E-state index is 5.16. The molecule has 0 aliphatic carbocycles. The summed E-state index contributed by atoms with van der Waals surface area (Å²) in [5.41, 5.74) is 1.88. The number of quaternary nitrogens is 5. The van der Waals surface area contributed by atoms with Crippen LogP contribution >= 0.6 is 22.4 Å². The van der Waals surface area contributed by atoms with Crippen LogP contribution in [-0.4, -0.2) is 221 Å². The lowest BCUT2D eigenvalue weighted by Crippen LogP contribution is -3.12. The third kappa shape index (κ3) is 65.3. The van der Waals surface area contributed by atoms with Gasteiger partial charge in [0.2, 0.25) is 0 Å². The van der Waals surface area contributed by atoms with Gasteiger partial charge in [-0.3, -0.25) is 0 Å². The lowest BCUT2D eigenvalue weighted by Gasteiger charge is -2.29. The summed E-state index contributed by atoms with van der Waals surface area (Å²) in [4.78, 5) is 4.42. The number of methoxy groups -OCH3 is 4. The second kappa shape index (κ2) is 46.1. The molecule has 9 nitrogen and oxygen atoms in total. The standard InChI is InChI=1S/C6H16NO.2C6H15NO.C6H16N.C6H15N.C6H16OP.C6H16P.C6H15P.CH4/c1-6(8-5)7(2,3)4;2*1-5-7(3)6(2)8-4;1-6(2)7(3,4)5;1-5-7(4)6(2)3;1-6(7-2)8(3,4)5;1-6(2)7(3,4)5;1-5-7(4)6(2)3;/h6H,1-5H3;2*6H,5H2,1-4H3;6H,1-5H3;6H,5H2,1-4H3;6H,1-5H3;6H,1-5H3;6H,5H2,1-4H3;1H4/q+1;;;+1;;2*+1;;/p+4. The number of rotatable bonds is 16. The zero-order chi connectivity index (χ0) is 50.6. The quantitative estimate of drug-likeness (QED) is 0.0841. The summed E-state index contributed by atoms with van der Waals surface area (Å²) in [6.07, 6.45) is 2.37. The van der Waals surface area contributed by atoms with Crippen molar-refractivity contribution < 1.29 is 42.6 Å². The van der Waals surface area contributed by atoms with Crippen LogP contribution in [0.3, 0.4) is 0 Å². The lowest BCUT2D eigenvalue weighted by atomic mass is 10.3. The van der Waals surface area contributed by atoms with Gasteiger partial charge in [0.1, 0.15) is 0 Å². The molecular weight excluding hydrogens is 815 g/mol. The van der Waals surface area contributed by atoms with Crippen molar-refractivity contribution in [2.24, 2.45) is 0 Å². The van der Waals surface area contributed by atoms with Crippen LogP contribution in [-0.2, 0) is 18.9 Å². The molecule has 0 saturated heterocycles. The highest BCUT2D eigenvalue weighted by Gasteiger charge is 2.26. The van der Waals surface area contributed by atoms with Crippen molar-refractivity contribution in [1.82, 2.24) is 0 Å². The van der Waals surface area contributed by atoms with Gasteiger partial charge in [0.05, 0.1) is 133 Å². The van der Waals surface area contributed by atoms with E-state index in [4.69, 9.17) is 18.9 Å². The van der Waals surface area contributed by atoms with Gasteiger partial charge in [0.15, 0.2) is 24.5 Å². The summed E-state index contributed by atoms with van der Waals surface area (Å²) in [5, 5.41) is 0. The van der Waals surface area contributed by atoms with Crippen molar-refractivity contribution in [3.05, 3.63) is 0 Å². The van der Waals surface area contributed by atoms with Gasteiger partial charge < -0.3 is 42.6 Å². The van der Waals surface area contributed by atoms with Crippen LogP contribution in [0.4, 0.5) is 0 Å². The van der Waals surface area contributed by atoms with Crippen LogP contribution in [0.25, 0.3) is 0 Å². The molecule has 0 aromatic heterocycles. The average Bonchev–Trinajstić information content (AvgIpc) is 3.15. The summed E-state index contributed by atoms with van der Waals surface area (Å²) >= 11 is 0. The molecule has 0 fully saturated rings. The molecule has 384 valence electrons. The molecular formula is C49H132N5O4P3+8. The smallest absolute Gasteiger partial charge is 0.189 e. The Morgan fingerprint density at radius 1 is 0.492 bits per heavy atom. The molecule has 0 aliphatic heterocycles. The first-order valence-electron chi connectivity index (χ1n) is 23.3. The van der Waals surface area contributed by atoms with E-state index in [9.17, 15) is 0 Å². The maximum absolute atomic E-state index is 5.16. The Labute approximate surface area is 394 Å². The molecule has 61 heavy (non-hydrogen) atoms. The Bertz CT molecular complexity index is 760. The molecule has 0 aliphatic rings. The molecule has 8 unspecified atom stereocenters. The summed E-state index contributed by atoms with van der Waals surface area (Å²) < 4.78 is 22.3. The fraction of sp³-hybridized carbons (Fsp3) is 1.00. The van der Waals surface area contributed by atoms with Crippen LogP contribution in [0.5, 0.6) is 0 Å². The average molecular weight is 949 g/mol. The number of nitrogens with one attached hydrogen (secondary N) is 3. The number of hydrogen-bond donors (Lipinski definition) is 3. The first-order chi connectivity index (χ1) is 26.6. The van der Waals surface area contributed by atoms with Gasteiger partial charge in [-0.2, -0.15) is 0 Å². The Kier molecular flexibility index (Phi) is 62.0. The molecule has 0 aromatic carbocycles. The van der Waals surface area contributed by atoms with Crippen LogP contribution in [0.15, 0.2) is 0 Å². The number of ether oxygens (including phenoxy) is 4. The predicted molar refractivity (Wildman–Crippen MR) is 296 cm³/mol. The van der Waals surface area contributed by atoms with E-state index in [1.54, 1.807) is 33.3 Å². The molecule has 0 amide bonds. The molecule has 12 heteroatoms. The van der Waals surface area contributed by atoms with Gasteiger partial charge in [0.25, 0.3) is 0 Å². The Hall–Kier alpha value is 0.930. The number of hydrogen-bond acceptors (Lipinski definition) is 4. The van der Waals surface area contributed by atoms with Crippen molar-refractivity contribution >= 4 is 22.4 Å². The second-order valence-corrected chi connectivity index (χ2v) is 35.0. The zero-order valence-corrected chi connectivity index (χ0v) is 51.7. The SMILES string of the molecule is C.CC(C)[N+](C)(C)C.CC(C)[P+](C)(C)C.CC[NH+](C)C(C)C.CC[NH+](C)C(C)OC.CC[NH+](C)C(C)OC.CC[PH+](C)C(C)C.COC(C)[N+](C)(C)C.COC(C)[P+](C)(C)C. The third-order valence-corrected chi connectivity index (χ3v) is 20.8. The fourth-order valence-corrected chi connectivity index (χ4v) is 3.88. The van der Waals surface area contributed by atoms with Gasteiger partial charge >= 0.3 is 0 Å². The van der Waals surface area contributed by atoms with Gasteiger partial charge in [-0.25, -0.2) is 0 Å². The van der Waals surface area contributed by atoms with Gasteiger partial charge in [-0.1, -0.05) is 7.43 Å². The third-order valence-electron chi connectivity index (χ3n) is 12.3. The Morgan fingerprint density at radius 3 is 0.787 bits per heavy atom. The van der Waals surface area contributed by atoms with E-state index in [0.29, 0.717) is 18.3 Å². The van der Waals surface area contributed by atoms with E-state index in [2.05, 4.69) is 221 Å². The maximum Gasteiger partial charge on any atom is 0.189 e. The minimum atomic E-state index is -0.729. The Morgan fingerprint density at radius 2 is 0.770 bits per heavy atom. The molecule has 0 bridgehead atoms. The Balaban J connectivity index is -0.0000000723. The minimum Gasteiger partial charge on any atom is -0.347 e.